The van der Waals surface area contributed by atoms with Gasteiger partial charge in [-0.2, -0.15) is 4.98 Å². The first-order valence-corrected chi connectivity index (χ1v) is 8.26. The zero-order valence-electron chi connectivity index (χ0n) is 15.2. The maximum absolute atomic E-state index is 12.6. The molecule has 0 saturated carbocycles. The highest BCUT2D eigenvalue weighted by molar-refractivity contribution is 5.78. The molecule has 1 aliphatic rings. The third kappa shape index (κ3) is 4.24. The van der Waals surface area contributed by atoms with E-state index in [1.54, 1.807) is 30.8 Å². The fourth-order valence-corrected chi connectivity index (χ4v) is 3.03. The zero-order valence-corrected chi connectivity index (χ0v) is 15.2. The van der Waals surface area contributed by atoms with Crippen LogP contribution in [0.3, 0.4) is 0 Å². The Morgan fingerprint density at radius 1 is 1.29 bits per heavy atom. The van der Waals surface area contributed by atoms with E-state index in [0.717, 1.165) is 0 Å². The molecule has 1 aromatic rings. The molecule has 1 fully saturated rings. The molecule has 134 valence electrons. The number of amides is 3. The lowest BCUT2D eigenvalue weighted by molar-refractivity contribution is -0.139. The van der Waals surface area contributed by atoms with Crippen LogP contribution in [0.15, 0.2) is 4.52 Å². The third-order valence-corrected chi connectivity index (χ3v) is 4.21. The summed E-state index contributed by atoms with van der Waals surface area (Å²) in [7, 11) is 3.48. The van der Waals surface area contributed by atoms with Crippen molar-refractivity contribution in [1.82, 2.24) is 24.8 Å². The monoisotopic (exact) mass is 337 g/mol. The second-order valence-corrected chi connectivity index (χ2v) is 7.05. The lowest BCUT2D eigenvalue weighted by Gasteiger charge is -2.47. The van der Waals surface area contributed by atoms with Gasteiger partial charge in [0.05, 0.1) is 5.54 Å². The van der Waals surface area contributed by atoms with Gasteiger partial charge in [-0.05, 0) is 27.2 Å². The number of aryl methyl sites for hydroxylation is 2. The molecule has 0 radical (unpaired) electrons. The van der Waals surface area contributed by atoms with Gasteiger partial charge in [0, 0.05) is 46.6 Å². The number of piperazine rings is 1. The molecular weight excluding hydrogens is 310 g/mol. The molecule has 8 heteroatoms. The van der Waals surface area contributed by atoms with Gasteiger partial charge < -0.3 is 19.2 Å². The first-order chi connectivity index (χ1) is 11.2. The van der Waals surface area contributed by atoms with Crippen LogP contribution < -0.4 is 0 Å². The van der Waals surface area contributed by atoms with E-state index in [-0.39, 0.29) is 17.5 Å². The Hall–Kier alpha value is -2.12. The summed E-state index contributed by atoms with van der Waals surface area (Å²) in [6.45, 7) is 7.44. The van der Waals surface area contributed by atoms with E-state index < -0.39 is 0 Å². The van der Waals surface area contributed by atoms with E-state index in [9.17, 15) is 9.59 Å². The van der Waals surface area contributed by atoms with E-state index in [1.165, 1.54) is 0 Å². The first-order valence-electron chi connectivity index (χ1n) is 8.26. The number of carbonyl (C=O) groups excluding carboxylic acids is 2. The van der Waals surface area contributed by atoms with Gasteiger partial charge in [0.25, 0.3) is 0 Å². The van der Waals surface area contributed by atoms with Crippen LogP contribution in [-0.2, 0) is 11.2 Å². The molecule has 0 unspecified atom stereocenters. The minimum atomic E-state index is -0.373. The van der Waals surface area contributed by atoms with Crippen LogP contribution in [-0.4, -0.2) is 76.0 Å². The van der Waals surface area contributed by atoms with Crippen molar-refractivity contribution in [3.63, 3.8) is 0 Å². The number of nitrogens with zero attached hydrogens (tertiary/aromatic N) is 5. The van der Waals surface area contributed by atoms with Crippen LogP contribution >= 0.6 is 0 Å². The van der Waals surface area contributed by atoms with Gasteiger partial charge in [-0.25, -0.2) is 4.79 Å². The number of hydrogen-bond acceptors (Lipinski definition) is 5. The van der Waals surface area contributed by atoms with Gasteiger partial charge in [-0.3, -0.25) is 4.79 Å². The molecule has 0 aromatic carbocycles. The molecule has 3 amide bonds. The van der Waals surface area contributed by atoms with Crippen molar-refractivity contribution in [3.05, 3.63) is 11.7 Å². The summed E-state index contributed by atoms with van der Waals surface area (Å²) >= 11 is 0. The van der Waals surface area contributed by atoms with Crippen molar-refractivity contribution >= 4 is 11.9 Å². The Bertz CT molecular complexity index is 596. The summed E-state index contributed by atoms with van der Waals surface area (Å²) in [6.07, 6.45) is 1.71. The first kappa shape index (κ1) is 18.2. The minimum Gasteiger partial charge on any atom is -0.339 e. The summed E-state index contributed by atoms with van der Waals surface area (Å²) in [5.41, 5.74) is -0.373. The van der Waals surface area contributed by atoms with Gasteiger partial charge in [0.2, 0.25) is 11.8 Å². The van der Waals surface area contributed by atoms with E-state index in [2.05, 4.69) is 10.1 Å². The second kappa shape index (κ2) is 7.19. The van der Waals surface area contributed by atoms with E-state index in [0.29, 0.717) is 50.6 Å². The SMILES string of the molecule is Cc1noc(CCCC(=O)N2CCN(C(=O)N(C)C)CC2(C)C)n1. The van der Waals surface area contributed by atoms with Gasteiger partial charge in [-0.15, -0.1) is 0 Å². The molecule has 2 rings (SSSR count). The summed E-state index contributed by atoms with van der Waals surface area (Å²) in [6, 6.07) is -0.0121. The molecule has 8 nitrogen and oxygen atoms in total. The lowest BCUT2D eigenvalue weighted by Crippen LogP contribution is -2.63. The number of aromatic nitrogens is 2. The molecular formula is C16H27N5O3. The zero-order chi connectivity index (χ0) is 17.9. The Kier molecular flexibility index (Phi) is 5.46. The molecule has 1 aliphatic heterocycles. The average molecular weight is 337 g/mol. The predicted molar refractivity (Wildman–Crippen MR) is 88.4 cm³/mol. The molecule has 0 spiro atoms. The van der Waals surface area contributed by atoms with Crippen molar-refractivity contribution in [1.29, 1.82) is 0 Å². The number of rotatable bonds is 4. The number of urea groups is 1. The summed E-state index contributed by atoms with van der Waals surface area (Å²) < 4.78 is 5.06. The molecule has 1 aromatic heterocycles. The van der Waals surface area contributed by atoms with E-state index >= 15 is 0 Å². The highest BCUT2D eigenvalue weighted by atomic mass is 16.5. The average Bonchev–Trinajstić information content (AvgIpc) is 2.90. The minimum absolute atomic E-state index is 0.0121. The van der Waals surface area contributed by atoms with Gasteiger partial charge in [-0.1, -0.05) is 5.16 Å². The van der Waals surface area contributed by atoms with Crippen LogP contribution in [0.1, 0.15) is 38.4 Å². The van der Waals surface area contributed by atoms with Gasteiger partial charge in [0.1, 0.15) is 0 Å². The summed E-state index contributed by atoms with van der Waals surface area (Å²) in [4.78, 5) is 34.1. The normalized spacial score (nSPS) is 17.0. The highest BCUT2D eigenvalue weighted by Gasteiger charge is 2.38. The van der Waals surface area contributed by atoms with E-state index in [4.69, 9.17) is 4.52 Å². The van der Waals surface area contributed by atoms with Crippen LogP contribution in [0, 0.1) is 6.92 Å². The Morgan fingerprint density at radius 2 is 2.00 bits per heavy atom. The number of hydrogen-bond donors (Lipinski definition) is 0. The quantitative estimate of drug-likeness (QED) is 0.827. The van der Waals surface area contributed by atoms with Crippen molar-refractivity contribution < 1.29 is 14.1 Å². The van der Waals surface area contributed by atoms with Crippen molar-refractivity contribution in [2.45, 2.75) is 45.6 Å². The van der Waals surface area contributed by atoms with Crippen LogP contribution in [0.5, 0.6) is 0 Å². The Labute approximate surface area is 142 Å². The second-order valence-electron chi connectivity index (χ2n) is 7.05. The van der Waals surface area contributed by atoms with E-state index in [1.807, 2.05) is 18.7 Å². The molecule has 2 heterocycles. The standard InChI is InChI=1S/C16H27N5O3/c1-12-17-13(24-18-12)7-6-8-14(22)21-10-9-20(11-16(21,2)3)15(23)19(4)5/h6-11H2,1-5H3. The highest BCUT2D eigenvalue weighted by Crippen LogP contribution is 2.23. The molecule has 0 N–H and O–H groups in total. The Morgan fingerprint density at radius 3 is 2.54 bits per heavy atom. The van der Waals surface area contributed by atoms with Gasteiger partial charge in [0.15, 0.2) is 5.82 Å². The molecule has 24 heavy (non-hydrogen) atoms. The molecule has 0 atom stereocenters. The van der Waals surface area contributed by atoms with Gasteiger partial charge >= 0.3 is 6.03 Å². The fraction of sp³-hybridized carbons (Fsp3) is 0.750. The van der Waals surface area contributed by atoms with Crippen molar-refractivity contribution in [2.24, 2.45) is 0 Å². The van der Waals surface area contributed by atoms with Crippen molar-refractivity contribution in [3.8, 4) is 0 Å². The maximum atomic E-state index is 12.6. The fourth-order valence-electron chi connectivity index (χ4n) is 3.03. The third-order valence-electron chi connectivity index (χ3n) is 4.21. The summed E-state index contributed by atoms with van der Waals surface area (Å²) in [5, 5.41) is 3.74. The summed E-state index contributed by atoms with van der Waals surface area (Å²) in [5.74, 6) is 1.29. The largest absolute Gasteiger partial charge is 0.339 e. The van der Waals surface area contributed by atoms with Crippen LogP contribution in [0.25, 0.3) is 0 Å². The lowest BCUT2D eigenvalue weighted by atomic mass is 9.98. The predicted octanol–water partition coefficient (Wildman–Crippen LogP) is 1.31. The van der Waals surface area contributed by atoms with Crippen LogP contribution in [0.4, 0.5) is 4.79 Å². The van der Waals surface area contributed by atoms with Crippen LogP contribution in [0.2, 0.25) is 0 Å². The number of carbonyl (C=O) groups is 2. The Balaban J connectivity index is 1.87. The molecule has 1 saturated heterocycles. The molecule has 0 bridgehead atoms. The topological polar surface area (TPSA) is 82.8 Å². The maximum Gasteiger partial charge on any atom is 0.319 e. The van der Waals surface area contributed by atoms with Crippen molar-refractivity contribution in [2.75, 3.05) is 33.7 Å². The molecule has 0 aliphatic carbocycles. The smallest absolute Gasteiger partial charge is 0.319 e.